The topological polar surface area (TPSA) is 33.0 Å². The van der Waals surface area contributed by atoms with E-state index in [0.29, 0.717) is 0 Å². The first-order valence-electron chi connectivity index (χ1n) is 6.02. The number of rotatable bonds is 2. The lowest BCUT2D eigenvalue weighted by Gasteiger charge is -2.42. The van der Waals surface area contributed by atoms with Gasteiger partial charge in [-0.05, 0) is 43.5 Å². The largest absolute Gasteiger partial charge is 0.396 e. The molecule has 1 aliphatic carbocycles. The van der Waals surface area contributed by atoms with Crippen LogP contribution < -0.4 is 0 Å². The summed E-state index contributed by atoms with van der Waals surface area (Å²) in [6, 6.07) is 2.37. The zero-order valence-corrected chi connectivity index (χ0v) is 12.1. The first kappa shape index (κ1) is 13.5. The van der Waals surface area contributed by atoms with Gasteiger partial charge in [-0.25, -0.2) is 0 Å². The van der Waals surface area contributed by atoms with Crippen molar-refractivity contribution in [1.29, 1.82) is 5.26 Å². The van der Waals surface area contributed by atoms with Crippen LogP contribution >= 0.6 is 0 Å². The maximum absolute atomic E-state index is 9.37. The third kappa shape index (κ3) is 2.75. The number of hydrogen-bond donors (Lipinski definition) is 0. The van der Waals surface area contributed by atoms with Crippen LogP contribution in [0.5, 0.6) is 0 Å². The van der Waals surface area contributed by atoms with Crippen LogP contribution in [0.25, 0.3) is 0 Å². The molecule has 0 aromatic heterocycles. The highest BCUT2D eigenvalue weighted by Gasteiger charge is 2.44. The molecule has 0 saturated heterocycles. The molecular formula is C13H23NOSi. The minimum Gasteiger partial charge on any atom is -0.396 e. The molecule has 0 bridgehead atoms. The van der Waals surface area contributed by atoms with E-state index >= 15 is 0 Å². The van der Waals surface area contributed by atoms with Gasteiger partial charge >= 0.3 is 0 Å². The molecule has 0 aromatic rings. The van der Waals surface area contributed by atoms with E-state index in [9.17, 15) is 5.26 Å². The highest BCUT2D eigenvalue weighted by atomic mass is 28.4. The van der Waals surface area contributed by atoms with Gasteiger partial charge in [0.15, 0.2) is 13.9 Å². The van der Waals surface area contributed by atoms with Crippen LogP contribution in [-0.2, 0) is 4.43 Å². The lowest BCUT2D eigenvalue weighted by molar-refractivity contribution is 0.141. The molecule has 0 aliphatic heterocycles. The summed E-state index contributed by atoms with van der Waals surface area (Å²) in [6.07, 6.45) is 7.02. The van der Waals surface area contributed by atoms with Crippen molar-refractivity contribution in [1.82, 2.24) is 0 Å². The second-order valence-corrected chi connectivity index (χ2v) is 10.9. The molecule has 16 heavy (non-hydrogen) atoms. The normalized spacial score (nSPS) is 26.5. The van der Waals surface area contributed by atoms with Crippen molar-refractivity contribution in [2.24, 2.45) is 0 Å². The van der Waals surface area contributed by atoms with Gasteiger partial charge in [0.1, 0.15) is 6.07 Å². The van der Waals surface area contributed by atoms with Crippen LogP contribution in [0.1, 0.15) is 40.0 Å². The van der Waals surface area contributed by atoms with E-state index in [2.05, 4.69) is 46.0 Å². The molecule has 2 nitrogen and oxygen atoms in total. The lowest BCUT2D eigenvalue weighted by Crippen LogP contribution is -2.49. The smallest absolute Gasteiger partial charge is 0.194 e. The molecule has 0 saturated carbocycles. The van der Waals surface area contributed by atoms with Gasteiger partial charge in [0, 0.05) is 0 Å². The molecular weight excluding hydrogens is 214 g/mol. The number of hydrogen-bond acceptors (Lipinski definition) is 2. The lowest BCUT2D eigenvalue weighted by atomic mass is 9.93. The first-order chi connectivity index (χ1) is 7.22. The van der Waals surface area contributed by atoms with E-state index in [4.69, 9.17) is 4.43 Å². The van der Waals surface area contributed by atoms with Crippen LogP contribution in [0.2, 0.25) is 18.1 Å². The van der Waals surface area contributed by atoms with Gasteiger partial charge in [-0.2, -0.15) is 5.26 Å². The Morgan fingerprint density at radius 2 is 2.00 bits per heavy atom. The molecule has 0 amide bonds. The quantitative estimate of drug-likeness (QED) is 0.537. The summed E-state index contributed by atoms with van der Waals surface area (Å²) in [5, 5.41) is 9.52. The van der Waals surface area contributed by atoms with Gasteiger partial charge in [-0.15, -0.1) is 0 Å². The second-order valence-electron chi connectivity index (χ2n) is 6.16. The van der Waals surface area contributed by atoms with Gasteiger partial charge < -0.3 is 4.43 Å². The van der Waals surface area contributed by atoms with Crippen molar-refractivity contribution in [3.8, 4) is 6.07 Å². The average Bonchev–Trinajstić information content (AvgIpc) is 2.17. The maximum atomic E-state index is 9.37. The predicted molar refractivity (Wildman–Crippen MR) is 69.6 cm³/mol. The van der Waals surface area contributed by atoms with E-state index < -0.39 is 13.9 Å². The average molecular weight is 237 g/mol. The van der Waals surface area contributed by atoms with Gasteiger partial charge in [0.05, 0.1) is 0 Å². The summed E-state index contributed by atoms with van der Waals surface area (Å²) < 4.78 is 6.27. The van der Waals surface area contributed by atoms with Crippen LogP contribution in [0.4, 0.5) is 0 Å². The molecule has 0 heterocycles. The molecule has 3 heteroatoms. The van der Waals surface area contributed by atoms with Crippen LogP contribution in [0.15, 0.2) is 12.2 Å². The third-order valence-electron chi connectivity index (χ3n) is 3.74. The Kier molecular flexibility index (Phi) is 3.66. The fourth-order valence-electron chi connectivity index (χ4n) is 1.65. The minimum atomic E-state index is -1.86. The standard InChI is InChI=1S/C13H23NOSi/c1-12(2,3)16(4,5)15-13(11-14)9-7-6-8-10-13/h7,9H,6,8,10H2,1-5H3. The number of allylic oxidation sites excluding steroid dienone is 1. The summed E-state index contributed by atoms with van der Waals surface area (Å²) in [4.78, 5) is 0. The molecule has 1 atom stereocenters. The summed E-state index contributed by atoms with van der Waals surface area (Å²) >= 11 is 0. The van der Waals surface area contributed by atoms with Crippen molar-refractivity contribution in [2.75, 3.05) is 0 Å². The highest BCUT2D eigenvalue weighted by Crippen LogP contribution is 2.41. The molecule has 0 N–H and O–H groups in total. The van der Waals surface area contributed by atoms with Crippen molar-refractivity contribution < 1.29 is 4.43 Å². The van der Waals surface area contributed by atoms with Gasteiger partial charge in [-0.3, -0.25) is 0 Å². The Balaban J connectivity index is 2.90. The SMILES string of the molecule is CC(C)(C)[Si](C)(C)OC1(C#N)C=CCCC1. The Bertz CT molecular complexity index is 322. The minimum absolute atomic E-state index is 0.155. The molecule has 1 rings (SSSR count). The Hall–Kier alpha value is -0.593. The monoisotopic (exact) mass is 237 g/mol. The second kappa shape index (κ2) is 4.35. The first-order valence-corrected chi connectivity index (χ1v) is 8.92. The third-order valence-corrected chi connectivity index (χ3v) is 8.23. The summed E-state index contributed by atoms with van der Waals surface area (Å²) in [5.41, 5.74) is -0.652. The summed E-state index contributed by atoms with van der Waals surface area (Å²) in [6.45, 7) is 11.0. The zero-order chi connectivity index (χ0) is 12.4. The van der Waals surface area contributed by atoms with Crippen molar-refractivity contribution in [3.05, 3.63) is 12.2 Å². The summed E-state index contributed by atoms with van der Waals surface area (Å²) in [5.74, 6) is 0. The van der Waals surface area contributed by atoms with Crippen molar-refractivity contribution in [2.45, 2.75) is 63.8 Å². The fourth-order valence-corrected chi connectivity index (χ4v) is 3.08. The Morgan fingerprint density at radius 3 is 2.38 bits per heavy atom. The maximum Gasteiger partial charge on any atom is 0.194 e. The molecule has 0 aromatic carbocycles. The number of nitrogens with zero attached hydrogens (tertiary/aromatic N) is 1. The van der Waals surface area contributed by atoms with Crippen LogP contribution in [0.3, 0.4) is 0 Å². The van der Waals surface area contributed by atoms with Crippen LogP contribution in [0, 0.1) is 11.3 Å². The van der Waals surface area contributed by atoms with E-state index in [1.807, 2.05) is 6.08 Å². The zero-order valence-electron chi connectivity index (χ0n) is 11.1. The summed E-state index contributed by atoms with van der Waals surface area (Å²) in [7, 11) is -1.86. The highest BCUT2D eigenvalue weighted by molar-refractivity contribution is 6.74. The Morgan fingerprint density at radius 1 is 1.38 bits per heavy atom. The van der Waals surface area contributed by atoms with Crippen molar-refractivity contribution in [3.63, 3.8) is 0 Å². The van der Waals surface area contributed by atoms with Gasteiger partial charge in [-0.1, -0.05) is 26.8 Å². The van der Waals surface area contributed by atoms with E-state index in [1.165, 1.54) is 0 Å². The van der Waals surface area contributed by atoms with E-state index in [1.54, 1.807) is 0 Å². The van der Waals surface area contributed by atoms with E-state index in [-0.39, 0.29) is 5.04 Å². The predicted octanol–water partition coefficient (Wildman–Crippen LogP) is 4.01. The number of nitriles is 1. The molecule has 0 fully saturated rings. The van der Waals surface area contributed by atoms with Crippen molar-refractivity contribution >= 4 is 8.32 Å². The molecule has 1 aliphatic rings. The molecule has 0 spiro atoms. The Labute approximate surface area is 100 Å². The molecule has 90 valence electrons. The molecule has 1 unspecified atom stereocenters. The fraction of sp³-hybridized carbons (Fsp3) is 0.769. The molecule has 0 radical (unpaired) electrons. The van der Waals surface area contributed by atoms with E-state index in [0.717, 1.165) is 19.3 Å². The van der Waals surface area contributed by atoms with Gasteiger partial charge in [0.2, 0.25) is 0 Å². The van der Waals surface area contributed by atoms with Crippen LogP contribution in [-0.4, -0.2) is 13.9 Å². The van der Waals surface area contributed by atoms with Gasteiger partial charge in [0.25, 0.3) is 0 Å².